The third-order valence-corrected chi connectivity index (χ3v) is 2.55. The Hall–Kier alpha value is -1.32. The number of hydrogen-bond acceptors (Lipinski definition) is 3. The van der Waals surface area contributed by atoms with Crippen LogP contribution in [-0.2, 0) is 14.3 Å². The summed E-state index contributed by atoms with van der Waals surface area (Å²) in [5.74, 6) is -1.37. The van der Waals surface area contributed by atoms with Crippen molar-refractivity contribution >= 4 is 11.9 Å². The van der Waals surface area contributed by atoms with Crippen molar-refractivity contribution in [2.24, 2.45) is 5.92 Å². The molecule has 104 valence electrons. The van der Waals surface area contributed by atoms with Gasteiger partial charge in [0.05, 0.1) is 12.5 Å². The van der Waals surface area contributed by atoms with Crippen LogP contribution in [0.1, 0.15) is 52.4 Å². The molecule has 1 atom stereocenters. The molecule has 0 spiro atoms. The van der Waals surface area contributed by atoms with E-state index in [0.717, 1.165) is 19.3 Å². The molecule has 0 heterocycles. The molecule has 0 radical (unpaired) electrons. The number of carbonyl (C=O) groups excluding carboxylic acids is 1. The minimum atomic E-state index is -0.826. The van der Waals surface area contributed by atoms with E-state index >= 15 is 0 Å². The van der Waals surface area contributed by atoms with Crippen molar-refractivity contribution in [2.45, 2.75) is 52.4 Å². The topological polar surface area (TPSA) is 63.6 Å². The first kappa shape index (κ1) is 16.7. The van der Waals surface area contributed by atoms with Gasteiger partial charge in [0.1, 0.15) is 0 Å². The Morgan fingerprint density at radius 3 is 2.56 bits per heavy atom. The second-order valence-corrected chi connectivity index (χ2v) is 4.25. The quantitative estimate of drug-likeness (QED) is 0.370. The maximum Gasteiger partial charge on any atom is 0.312 e. The van der Waals surface area contributed by atoms with Crippen molar-refractivity contribution in [1.29, 1.82) is 0 Å². The van der Waals surface area contributed by atoms with Crippen LogP contribution in [-0.4, -0.2) is 23.7 Å². The van der Waals surface area contributed by atoms with E-state index in [0.29, 0.717) is 19.4 Å². The predicted octanol–water partition coefficient (Wildman–Crippen LogP) is 3.17. The van der Waals surface area contributed by atoms with Crippen LogP contribution in [0.3, 0.4) is 0 Å². The summed E-state index contributed by atoms with van der Waals surface area (Å²) < 4.78 is 5.16. The normalized spacial score (nSPS) is 12.6. The van der Waals surface area contributed by atoms with Gasteiger partial charge in [-0.1, -0.05) is 32.4 Å². The van der Waals surface area contributed by atoms with Gasteiger partial charge in [-0.25, -0.2) is 0 Å². The van der Waals surface area contributed by atoms with E-state index in [1.807, 2.05) is 26.0 Å². The third kappa shape index (κ3) is 8.79. The fourth-order valence-corrected chi connectivity index (χ4v) is 1.49. The van der Waals surface area contributed by atoms with Gasteiger partial charge in [-0.15, -0.1) is 0 Å². The Labute approximate surface area is 109 Å². The van der Waals surface area contributed by atoms with Gasteiger partial charge in [-0.05, 0) is 25.7 Å². The van der Waals surface area contributed by atoms with Gasteiger partial charge in [0.2, 0.25) is 0 Å². The fourth-order valence-electron chi connectivity index (χ4n) is 1.49. The highest BCUT2D eigenvalue weighted by molar-refractivity contribution is 5.74. The monoisotopic (exact) mass is 256 g/mol. The van der Waals surface area contributed by atoms with Crippen molar-refractivity contribution in [3.8, 4) is 0 Å². The summed E-state index contributed by atoms with van der Waals surface area (Å²) in [5.41, 5.74) is 0. The van der Waals surface area contributed by atoms with Crippen molar-refractivity contribution in [3.63, 3.8) is 0 Å². The standard InChI is InChI=1S/C14H24O4/c1-3-5-8-12(9-7-10-13(15)16)14(17)18-11-6-4-2/h5,8,12H,3-4,6-7,9-11H2,1-2H3,(H,15,16). The molecule has 0 bridgehead atoms. The van der Waals surface area contributed by atoms with E-state index < -0.39 is 5.97 Å². The van der Waals surface area contributed by atoms with Crippen LogP contribution in [0.4, 0.5) is 0 Å². The first-order valence-corrected chi connectivity index (χ1v) is 6.66. The molecule has 0 aliphatic heterocycles. The molecule has 0 fully saturated rings. The third-order valence-electron chi connectivity index (χ3n) is 2.55. The van der Waals surface area contributed by atoms with Gasteiger partial charge >= 0.3 is 11.9 Å². The Morgan fingerprint density at radius 2 is 2.00 bits per heavy atom. The molecule has 0 aromatic rings. The van der Waals surface area contributed by atoms with Crippen LogP contribution in [0.15, 0.2) is 12.2 Å². The SMILES string of the molecule is CCC=CC(CCCC(=O)O)C(=O)OCCCC. The number of ether oxygens (including phenoxy) is 1. The number of rotatable bonds is 10. The molecule has 0 saturated carbocycles. The van der Waals surface area contributed by atoms with Gasteiger partial charge < -0.3 is 9.84 Å². The molecular weight excluding hydrogens is 232 g/mol. The molecule has 0 rings (SSSR count). The average molecular weight is 256 g/mol. The molecule has 0 aliphatic rings. The second-order valence-electron chi connectivity index (χ2n) is 4.25. The molecule has 0 amide bonds. The Bertz CT molecular complexity index is 271. The van der Waals surface area contributed by atoms with Crippen molar-refractivity contribution in [1.82, 2.24) is 0 Å². The van der Waals surface area contributed by atoms with Crippen molar-refractivity contribution < 1.29 is 19.4 Å². The van der Waals surface area contributed by atoms with E-state index in [9.17, 15) is 9.59 Å². The van der Waals surface area contributed by atoms with Crippen LogP contribution < -0.4 is 0 Å². The van der Waals surface area contributed by atoms with Gasteiger partial charge in [0.25, 0.3) is 0 Å². The Kier molecular flexibility index (Phi) is 10.0. The fraction of sp³-hybridized carbons (Fsp3) is 0.714. The Balaban J connectivity index is 4.15. The van der Waals surface area contributed by atoms with Crippen LogP contribution >= 0.6 is 0 Å². The summed E-state index contributed by atoms with van der Waals surface area (Å²) in [4.78, 5) is 22.2. The average Bonchev–Trinajstić information content (AvgIpc) is 2.33. The highest BCUT2D eigenvalue weighted by Crippen LogP contribution is 2.13. The number of carboxylic acid groups (broad SMARTS) is 1. The summed E-state index contributed by atoms with van der Waals surface area (Å²) in [5, 5.41) is 8.58. The highest BCUT2D eigenvalue weighted by Gasteiger charge is 2.16. The lowest BCUT2D eigenvalue weighted by molar-refractivity contribution is -0.147. The number of carboxylic acids is 1. The molecule has 4 heteroatoms. The van der Waals surface area contributed by atoms with Gasteiger partial charge in [0, 0.05) is 6.42 Å². The van der Waals surface area contributed by atoms with Crippen molar-refractivity contribution in [2.75, 3.05) is 6.61 Å². The summed E-state index contributed by atoms with van der Waals surface area (Å²) in [6, 6.07) is 0. The van der Waals surface area contributed by atoms with Crippen LogP contribution in [0.5, 0.6) is 0 Å². The molecule has 4 nitrogen and oxygen atoms in total. The number of allylic oxidation sites excluding steroid dienone is 1. The molecule has 1 unspecified atom stereocenters. The molecule has 0 aromatic carbocycles. The lowest BCUT2D eigenvalue weighted by Crippen LogP contribution is -2.17. The first-order chi connectivity index (χ1) is 8.61. The second kappa shape index (κ2) is 10.8. The van der Waals surface area contributed by atoms with Crippen LogP contribution in [0.25, 0.3) is 0 Å². The minimum Gasteiger partial charge on any atom is -0.481 e. The Morgan fingerprint density at radius 1 is 1.28 bits per heavy atom. The smallest absolute Gasteiger partial charge is 0.312 e. The van der Waals surface area contributed by atoms with Gasteiger partial charge in [-0.2, -0.15) is 0 Å². The summed E-state index contributed by atoms with van der Waals surface area (Å²) in [7, 11) is 0. The van der Waals surface area contributed by atoms with E-state index in [2.05, 4.69) is 0 Å². The molecule has 0 saturated heterocycles. The summed E-state index contributed by atoms with van der Waals surface area (Å²) in [6.45, 7) is 4.48. The minimum absolute atomic E-state index is 0.0959. The largest absolute Gasteiger partial charge is 0.481 e. The zero-order valence-electron chi connectivity index (χ0n) is 11.4. The number of carbonyl (C=O) groups is 2. The van der Waals surface area contributed by atoms with E-state index in [1.165, 1.54) is 0 Å². The first-order valence-electron chi connectivity index (χ1n) is 6.66. The molecular formula is C14H24O4. The maximum atomic E-state index is 11.8. The lowest BCUT2D eigenvalue weighted by Gasteiger charge is -2.11. The van der Waals surface area contributed by atoms with E-state index in [-0.39, 0.29) is 18.3 Å². The number of esters is 1. The highest BCUT2D eigenvalue weighted by atomic mass is 16.5. The zero-order valence-corrected chi connectivity index (χ0v) is 11.4. The summed E-state index contributed by atoms with van der Waals surface area (Å²) in [6.07, 6.45) is 7.59. The van der Waals surface area contributed by atoms with Crippen LogP contribution in [0, 0.1) is 5.92 Å². The summed E-state index contributed by atoms with van der Waals surface area (Å²) >= 11 is 0. The molecule has 1 N–H and O–H groups in total. The lowest BCUT2D eigenvalue weighted by atomic mass is 10.0. The van der Waals surface area contributed by atoms with Crippen molar-refractivity contribution in [3.05, 3.63) is 12.2 Å². The van der Waals surface area contributed by atoms with E-state index in [4.69, 9.17) is 9.84 Å². The zero-order chi connectivity index (χ0) is 13.8. The predicted molar refractivity (Wildman–Crippen MR) is 70.3 cm³/mol. The number of unbranched alkanes of at least 4 members (excludes halogenated alkanes) is 1. The molecule has 18 heavy (non-hydrogen) atoms. The van der Waals surface area contributed by atoms with Gasteiger partial charge in [0.15, 0.2) is 0 Å². The molecule has 0 aliphatic carbocycles. The van der Waals surface area contributed by atoms with E-state index in [1.54, 1.807) is 0 Å². The number of hydrogen-bond donors (Lipinski definition) is 1. The molecule has 0 aromatic heterocycles. The van der Waals surface area contributed by atoms with Gasteiger partial charge in [-0.3, -0.25) is 9.59 Å². The maximum absolute atomic E-state index is 11.8. The van der Waals surface area contributed by atoms with Crippen LogP contribution in [0.2, 0.25) is 0 Å². The number of aliphatic carboxylic acids is 1.